The summed E-state index contributed by atoms with van der Waals surface area (Å²) in [5.41, 5.74) is 13.7. The number of benzene rings is 1. The van der Waals surface area contributed by atoms with E-state index < -0.39 is 0 Å². The standard InChI is InChI=1S/C15H17N5S2/c1-2-3-11(16)9-4-6-10(7-5-9)19-20-13-8-12-14(22-13)18-15(17)21-12/h4-8,11H,2-3,16H2,1H3,(H2,17,18). The Hall–Kier alpha value is -1.83. The van der Waals surface area contributed by atoms with Crippen molar-refractivity contribution in [3.63, 3.8) is 0 Å². The van der Waals surface area contributed by atoms with Crippen LogP contribution in [0.1, 0.15) is 31.4 Å². The van der Waals surface area contributed by atoms with Crippen LogP contribution in [-0.4, -0.2) is 4.98 Å². The Morgan fingerprint density at radius 3 is 2.64 bits per heavy atom. The fraction of sp³-hybridized carbons (Fsp3) is 0.267. The second kappa shape index (κ2) is 6.51. The third-order valence-corrected chi connectivity index (χ3v) is 5.15. The van der Waals surface area contributed by atoms with Crippen molar-refractivity contribution in [1.82, 2.24) is 4.98 Å². The maximum absolute atomic E-state index is 6.10. The molecule has 0 aliphatic heterocycles. The fourth-order valence-electron chi connectivity index (χ4n) is 2.16. The van der Waals surface area contributed by atoms with Crippen LogP contribution in [-0.2, 0) is 0 Å². The minimum atomic E-state index is 0.0941. The van der Waals surface area contributed by atoms with Gasteiger partial charge in [-0.15, -0.1) is 10.2 Å². The van der Waals surface area contributed by atoms with Crippen LogP contribution >= 0.6 is 22.7 Å². The number of nitrogens with two attached hydrogens (primary N) is 2. The van der Waals surface area contributed by atoms with Crippen LogP contribution < -0.4 is 11.5 Å². The largest absolute Gasteiger partial charge is 0.375 e. The molecule has 0 aliphatic rings. The van der Waals surface area contributed by atoms with Gasteiger partial charge in [0.2, 0.25) is 0 Å². The van der Waals surface area contributed by atoms with Crippen LogP contribution in [0.5, 0.6) is 0 Å². The molecular weight excluding hydrogens is 314 g/mol. The van der Waals surface area contributed by atoms with E-state index in [-0.39, 0.29) is 6.04 Å². The molecule has 0 fully saturated rings. The molecule has 3 aromatic rings. The zero-order valence-electron chi connectivity index (χ0n) is 12.2. The number of azo groups is 1. The molecule has 4 N–H and O–H groups in total. The lowest BCUT2D eigenvalue weighted by Crippen LogP contribution is -2.09. The van der Waals surface area contributed by atoms with Crippen molar-refractivity contribution >= 4 is 48.0 Å². The van der Waals surface area contributed by atoms with E-state index in [2.05, 4.69) is 22.1 Å². The van der Waals surface area contributed by atoms with Crippen LogP contribution in [0, 0.1) is 0 Å². The first-order valence-electron chi connectivity index (χ1n) is 7.09. The molecule has 0 saturated heterocycles. The number of nitrogen functional groups attached to an aromatic ring is 1. The Labute approximate surface area is 136 Å². The SMILES string of the molecule is CCCC(N)c1ccc(N=Nc2cc3sc(N)nc3s2)cc1. The highest BCUT2D eigenvalue weighted by atomic mass is 32.1. The molecule has 1 aromatic carbocycles. The topological polar surface area (TPSA) is 89.6 Å². The van der Waals surface area contributed by atoms with Gasteiger partial charge in [0.25, 0.3) is 0 Å². The lowest BCUT2D eigenvalue weighted by Gasteiger charge is -2.10. The van der Waals surface area contributed by atoms with Gasteiger partial charge < -0.3 is 11.5 Å². The van der Waals surface area contributed by atoms with Crippen molar-refractivity contribution in [2.24, 2.45) is 16.0 Å². The molecule has 1 unspecified atom stereocenters. The van der Waals surface area contributed by atoms with E-state index in [0.29, 0.717) is 5.13 Å². The number of thiazole rings is 1. The molecule has 0 aliphatic carbocycles. The molecule has 0 amide bonds. The smallest absolute Gasteiger partial charge is 0.181 e. The first-order chi connectivity index (χ1) is 10.7. The molecule has 0 spiro atoms. The van der Waals surface area contributed by atoms with Crippen molar-refractivity contribution in [2.45, 2.75) is 25.8 Å². The first-order valence-corrected chi connectivity index (χ1v) is 8.72. The minimum Gasteiger partial charge on any atom is -0.375 e. The van der Waals surface area contributed by atoms with Gasteiger partial charge in [-0.2, -0.15) is 0 Å². The van der Waals surface area contributed by atoms with Crippen molar-refractivity contribution in [3.05, 3.63) is 35.9 Å². The number of aromatic nitrogens is 1. The molecular formula is C15H17N5S2. The fourth-order valence-corrected chi connectivity index (χ4v) is 3.97. The zero-order chi connectivity index (χ0) is 15.5. The summed E-state index contributed by atoms with van der Waals surface area (Å²) in [7, 11) is 0. The van der Waals surface area contributed by atoms with Crippen LogP contribution in [0.3, 0.4) is 0 Å². The van der Waals surface area contributed by atoms with Gasteiger partial charge in [0, 0.05) is 6.04 Å². The van der Waals surface area contributed by atoms with Gasteiger partial charge in [0.1, 0.15) is 9.83 Å². The van der Waals surface area contributed by atoms with Crippen molar-refractivity contribution in [1.29, 1.82) is 0 Å². The Balaban J connectivity index is 1.72. The number of rotatable bonds is 5. The van der Waals surface area contributed by atoms with Crippen molar-refractivity contribution < 1.29 is 0 Å². The summed E-state index contributed by atoms with van der Waals surface area (Å²) in [5, 5.41) is 9.95. The summed E-state index contributed by atoms with van der Waals surface area (Å²) in [6, 6.07) is 9.98. The molecule has 2 aromatic heterocycles. The second-order valence-electron chi connectivity index (χ2n) is 4.99. The number of thiophene rings is 1. The van der Waals surface area contributed by atoms with E-state index in [1.807, 2.05) is 30.3 Å². The molecule has 3 rings (SSSR count). The molecule has 5 nitrogen and oxygen atoms in total. The van der Waals surface area contributed by atoms with Gasteiger partial charge in [0.05, 0.1) is 10.4 Å². The molecule has 1 atom stereocenters. The van der Waals surface area contributed by atoms with Gasteiger partial charge >= 0.3 is 0 Å². The number of nitrogens with zero attached hydrogens (tertiary/aromatic N) is 3. The van der Waals surface area contributed by atoms with Gasteiger partial charge in [-0.1, -0.05) is 48.2 Å². The Kier molecular flexibility index (Phi) is 4.47. The molecule has 22 heavy (non-hydrogen) atoms. The van der Waals surface area contributed by atoms with Gasteiger partial charge in [-0.05, 0) is 30.2 Å². The number of hydrogen-bond acceptors (Lipinski definition) is 7. The Bertz CT molecular complexity index is 756. The lowest BCUT2D eigenvalue weighted by molar-refractivity contribution is 0.638. The highest BCUT2D eigenvalue weighted by Gasteiger charge is 2.07. The summed E-state index contributed by atoms with van der Waals surface area (Å²) in [5.74, 6) is 0. The summed E-state index contributed by atoms with van der Waals surface area (Å²) in [4.78, 5) is 5.15. The highest BCUT2D eigenvalue weighted by Crippen LogP contribution is 2.36. The molecule has 0 saturated carbocycles. The third-order valence-electron chi connectivity index (χ3n) is 3.28. The molecule has 2 heterocycles. The van der Waals surface area contributed by atoms with E-state index in [1.54, 1.807) is 0 Å². The maximum atomic E-state index is 6.10. The van der Waals surface area contributed by atoms with Gasteiger partial charge in [0.15, 0.2) is 5.13 Å². The third kappa shape index (κ3) is 3.32. The maximum Gasteiger partial charge on any atom is 0.181 e. The average molecular weight is 331 g/mol. The number of anilines is 1. The van der Waals surface area contributed by atoms with E-state index in [1.165, 1.54) is 22.7 Å². The Morgan fingerprint density at radius 1 is 1.18 bits per heavy atom. The van der Waals surface area contributed by atoms with Crippen LogP contribution in [0.25, 0.3) is 9.53 Å². The monoisotopic (exact) mass is 331 g/mol. The van der Waals surface area contributed by atoms with Gasteiger partial charge in [-0.3, -0.25) is 0 Å². The highest BCUT2D eigenvalue weighted by molar-refractivity contribution is 7.30. The van der Waals surface area contributed by atoms with E-state index >= 15 is 0 Å². The molecule has 114 valence electrons. The predicted molar refractivity (Wildman–Crippen MR) is 94.4 cm³/mol. The Morgan fingerprint density at radius 2 is 1.95 bits per heavy atom. The quantitative estimate of drug-likeness (QED) is 0.633. The second-order valence-corrected chi connectivity index (χ2v) is 7.06. The minimum absolute atomic E-state index is 0.0941. The first kappa shape index (κ1) is 15.1. The number of hydrogen-bond donors (Lipinski definition) is 2. The van der Waals surface area contributed by atoms with Crippen LogP contribution in [0.15, 0.2) is 40.6 Å². The van der Waals surface area contributed by atoms with E-state index in [4.69, 9.17) is 11.5 Å². The molecule has 0 bridgehead atoms. The van der Waals surface area contributed by atoms with E-state index in [0.717, 1.165) is 38.6 Å². The summed E-state index contributed by atoms with van der Waals surface area (Å²) >= 11 is 2.96. The normalized spacial score (nSPS) is 13.2. The van der Waals surface area contributed by atoms with Crippen LogP contribution in [0.2, 0.25) is 0 Å². The number of fused-ring (bicyclic) bond motifs is 1. The van der Waals surface area contributed by atoms with Crippen molar-refractivity contribution in [2.75, 3.05) is 5.73 Å². The molecule has 7 heteroatoms. The van der Waals surface area contributed by atoms with Crippen molar-refractivity contribution in [3.8, 4) is 0 Å². The lowest BCUT2D eigenvalue weighted by atomic mass is 10.0. The van der Waals surface area contributed by atoms with Gasteiger partial charge in [-0.25, -0.2) is 4.98 Å². The summed E-state index contributed by atoms with van der Waals surface area (Å²) in [6.45, 7) is 2.14. The molecule has 0 radical (unpaired) electrons. The average Bonchev–Trinajstić information content (AvgIpc) is 3.02. The van der Waals surface area contributed by atoms with E-state index in [9.17, 15) is 0 Å². The summed E-state index contributed by atoms with van der Waals surface area (Å²) < 4.78 is 1.05. The van der Waals surface area contributed by atoms with Crippen LogP contribution in [0.4, 0.5) is 15.8 Å². The predicted octanol–water partition coefficient (Wildman–Crippen LogP) is 5.16. The summed E-state index contributed by atoms with van der Waals surface area (Å²) in [6.07, 6.45) is 2.07. The zero-order valence-corrected chi connectivity index (χ0v) is 13.8.